The van der Waals surface area contributed by atoms with Crippen LogP contribution in [0.25, 0.3) is 11.0 Å². The van der Waals surface area contributed by atoms with Gasteiger partial charge < -0.3 is 38.3 Å². The average molecular weight is 599 g/mol. The van der Waals surface area contributed by atoms with Crippen LogP contribution in [0.4, 0.5) is 0 Å². The number of likely N-dealkylation sites (tertiary alicyclic amines) is 2. The van der Waals surface area contributed by atoms with E-state index in [-0.39, 0.29) is 36.2 Å². The first-order valence-electron chi connectivity index (χ1n) is 15.9. The molecule has 1 aromatic carbocycles. The minimum absolute atomic E-state index is 0.0324. The molecule has 1 amide bonds. The monoisotopic (exact) mass is 598 g/mol. The Kier molecular flexibility index (Phi) is 11.6. The fourth-order valence-electron chi connectivity index (χ4n) is 6.59. The lowest BCUT2D eigenvalue weighted by atomic mass is 9.81. The Morgan fingerprint density at radius 3 is 2.49 bits per heavy atom. The minimum Gasteiger partial charge on any atom is -0.464 e. The summed E-state index contributed by atoms with van der Waals surface area (Å²) >= 11 is 0. The number of hydrogen-bond acceptors (Lipinski definition) is 9. The Morgan fingerprint density at radius 2 is 1.74 bits per heavy atom. The van der Waals surface area contributed by atoms with Gasteiger partial charge in [-0.15, -0.1) is 0 Å². The second kappa shape index (κ2) is 15.8. The fourth-order valence-corrected chi connectivity index (χ4v) is 6.59. The van der Waals surface area contributed by atoms with Crippen LogP contribution in [0, 0.1) is 5.92 Å². The highest BCUT2D eigenvalue weighted by Gasteiger charge is 2.41. The minimum atomic E-state index is -0.732. The molecule has 0 spiro atoms. The molecular weight excluding hydrogens is 552 g/mol. The Hall–Kier alpha value is -2.76. The van der Waals surface area contributed by atoms with Crippen molar-refractivity contribution in [1.29, 1.82) is 0 Å². The molecule has 0 unspecified atom stereocenters. The predicted molar refractivity (Wildman–Crippen MR) is 162 cm³/mol. The zero-order chi connectivity index (χ0) is 30.0. The number of para-hydroxylation sites is 1. The van der Waals surface area contributed by atoms with E-state index in [1.54, 1.807) is 18.2 Å². The molecule has 0 saturated carbocycles. The van der Waals surface area contributed by atoms with Crippen molar-refractivity contribution in [2.75, 3.05) is 65.8 Å². The zero-order valence-corrected chi connectivity index (χ0v) is 25.3. The number of hydrogen-bond donors (Lipinski definition) is 1. The molecule has 0 radical (unpaired) electrons. The lowest BCUT2D eigenvalue weighted by Gasteiger charge is -2.41. The second-order valence-corrected chi connectivity index (χ2v) is 11.5. The van der Waals surface area contributed by atoms with E-state index in [1.807, 2.05) is 24.0 Å². The number of benzene rings is 1. The van der Waals surface area contributed by atoms with Crippen LogP contribution in [-0.4, -0.2) is 99.0 Å². The van der Waals surface area contributed by atoms with E-state index in [4.69, 9.17) is 28.5 Å². The van der Waals surface area contributed by atoms with Crippen molar-refractivity contribution >= 4 is 16.9 Å². The number of aliphatic hydroxyl groups excluding tert-OH is 1. The summed E-state index contributed by atoms with van der Waals surface area (Å²) in [5.74, 6) is -0.691. The van der Waals surface area contributed by atoms with Gasteiger partial charge in [-0.25, -0.2) is 0 Å². The van der Waals surface area contributed by atoms with Gasteiger partial charge in [-0.05, 0) is 70.3 Å². The SMILES string of the molecule is CCO[C@@H]1OC(C(=O)N2CCC(N3CCCCC3)CC2)=C[C@H](c2coc3ccccc3c2=O)[C@@H]1CCOCCOCCO. The van der Waals surface area contributed by atoms with Crippen LogP contribution in [0.2, 0.25) is 0 Å². The third-order valence-electron chi connectivity index (χ3n) is 8.85. The van der Waals surface area contributed by atoms with Crippen LogP contribution in [0.3, 0.4) is 0 Å². The van der Waals surface area contributed by atoms with E-state index in [1.165, 1.54) is 25.5 Å². The van der Waals surface area contributed by atoms with Gasteiger partial charge in [0.05, 0.1) is 38.1 Å². The van der Waals surface area contributed by atoms with Gasteiger partial charge >= 0.3 is 0 Å². The zero-order valence-electron chi connectivity index (χ0n) is 25.3. The molecule has 5 rings (SSSR count). The molecule has 3 aliphatic heterocycles. The molecule has 10 nitrogen and oxygen atoms in total. The van der Waals surface area contributed by atoms with Crippen molar-refractivity contribution in [3.63, 3.8) is 0 Å². The standard InChI is InChI=1S/C33H46N2O8/c1-2-41-33-25(12-18-39-20-21-40-19-17-36)27(28-23-42-29-9-5-4-8-26(29)31(28)37)22-30(43-33)32(38)35-15-10-24(11-16-35)34-13-6-3-7-14-34/h4-5,8-9,22-25,27,33,36H,2-3,6-7,10-21H2,1H3/t25-,27-,33+/m0/s1. The van der Waals surface area contributed by atoms with Crippen LogP contribution in [0.1, 0.15) is 56.9 Å². The molecule has 1 N–H and O–H groups in total. The maximum absolute atomic E-state index is 13.9. The van der Waals surface area contributed by atoms with Crippen molar-refractivity contribution in [3.8, 4) is 0 Å². The second-order valence-electron chi connectivity index (χ2n) is 11.5. The first-order chi connectivity index (χ1) is 21.1. The van der Waals surface area contributed by atoms with Crippen molar-refractivity contribution in [2.24, 2.45) is 5.92 Å². The lowest BCUT2D eigenvalue weighted by Crippen LogP contribution is -2.49. The van der Waals surface area contributed by atoms with Gasteiger partial charge in [0.2, 0.25) is 6.29 Å². The molecule has 1 aromatic heterocycles. The fraction of sp³-hybridized carbons (Fsp3) is 0.636. The lowest BCUT2D eigenvalue weighted by molar-refractivity contribution is -0.172. The molecule has 43 heavy (non-hydrogen) atoms. The number of carbonyl (C=O) groups excluding carboxylic acids is 1. The van der Waals surface area contributed by atoms with Crippen molar-refractivity contribution < 1.29 is 33.3 Å². The highest BCUT2D eigenvalue weighted by molar-refractivity contribution is 5.92. The van der Waals surface area contributed by atoms with Gasteiger partial charge in [0.25, 0.3) is 5.91 Å². The van der Waals surface area contributed by atoms with Crippen LogP contribution in [0.5, 0.6) is 0 Å². The average Bonchev–Trinajstić information content (AvgIpc) is 3.05. The largest absolute Gasteiger partial charge is 0.464 e. The van der Waals surface area contributed by atoms with Crippen LogP contribution < -0.4 is 5.43 Å². The highest BCUT2D eigenvalue weighted by Crippen LogP contribution is 2.39. The molecular formula is C33H46N2O8. The van der Waals surface area contributed by atoms with Crippen molar-refractivity contribution in [3.05, 3.63) is 58.2 Å². The van der Waals surface area contributed by atoms with E-state index in [2.05, 4.69) is 4.90 Å². The van der Waals surface area contributed by atoms with Gasteiger partial charge in [-0.3, -0.25) is 9.59 Å². The quantitative estimate of drug-likeness (QED) is 0.346. The van der Waals surface area contributed by atoms with Crippen LogP contribution >= 0.6 is 0 Å². The topological polar surface area (TPSA) is 111 Å². The summed E-state index contributed by atoms with van der Waals surface area (Å²) in [6.45, 7) is 7.31. The first kappa shape index (κ1) is 31.7. The summed E-state index contributed by atoms with van der Waals surface area (Å²) in [7, 11) is 0. The summed E-state index contributed by atoms with van der Waals surface area (Å²) in [6, 6.07) is 7.71. The molecule has 3 atom stereocenters. The Morgan fingerprint density at radius 1 is 1.00 bits per heavy atom. The van der Waals surface area contributed by atoms with Gasteiger partial charge in [0, 0.05) is 49.7 Å². The third kappa shape index (κ3) is 7.85. The first-order valence-corrected chi connectivity index (χ1v) is 15.9. The van der Waals surface area contributed by atoms with Gasteiger partial charge in [0.1, 0.15) is 5.58 Å². The van der Waals surface area contributed by atoms with E-state index < -0.39 is 12.2 Å². The summed E-state index contributed by atoms with van der Waals surface area (Å²) in [6.07, 6.45) is 8.84. The number of piperidine rings is 2. The number of rotatable bonds is 13. The summed E-state index contributed by atoms with van der Waals surface area (Å²) < 4.78 is 29.3. The molecule has 0 aliphatic carbocycles. The predicted octanol–water partition coefficient (Wildman–Crippen LogP) is 3.66. The van der Waals surface area contributed by atoms with Gasteiger partial charge in [-0.1, -0.05) is 18.6 Å². The van der Waals surface area contributed by atoms with E-state index >= 15 is 0 Å². The normalized spacial score (nSPS) is 23.7. The van der Waals surface area contributed by atoms with E-state index in [9.17, 15) is 9.59 Å². The molecule has 2 saturated heterocycles. The number of ether oxygens (including phenoxy) is 4. The number of fused-ring (bicyclic) bond motifs is 1. The molecule has 236 valence electrons. The Labute approximate surface area is 253 Å². The molecule has 2 fully saturated rings. The molecule has 3 aliphatic rings. The Balaban J connectivity index is 1.36. The molecule has 2 aromatic rings. The van der Waals surface area contributed by atoms with E-state index in [0.717, 1.165) is 25.9 Å². The van der Waals surface area contributed by atoms with Gasteiger partial charge in [0.15, 0.2) is 11.2 Å². The summed E-state index contributed by atoms with van der Waals surface area (Å²) in [5.41, 5.74) is 0.860. The number of allylic oxidation sites excluding steroid dienone is 1. The van der Waals surface area contributed by atoms with Crippen LogP contribution in [0.15, 0.2) is 51.6 Å². The highest BCUT2D eigenvalue weighted by atomic mass is 16.7. The maximum atomic E-state index is 13.9. The number of amides is 1. The summed E-state index contributed by atoms with van der Waals surface area (Å²) in [4.78, 5) is 32.1. The Bertz CT molecular complexity index is 1270. The number of aliphatic hydroxyl groups is 1. The summed E-state index contributed by atoms with van der Waals surface area (Å²) in [5, 5.41) is 9.39. The van der Waals surface area contributed by atoms with Gasteiger partial charge in [-0.2, -0.15) is 0 Å². The van der Waals surface area contributed by atoms with E-state index in [0.29, 0.717) is 68.5 Å². The van der Waals surface area contributed by atoms with Crippen molar-refractivity contribution in [1.82, 2.24) is 9.80 Å². The van der Waals surface area contributed by atoms with Crippen molar-refractivity contribution in [2.45, 2.75) is 63.7 Å². The third-order valence-corrected chi connectivity index (χ3v) is 8.85. The number of nitrogens with zero attached hydrogens (tertiary/aromatic N) is 2. The molecule has 10 heteroatoms. The number of carbonyl (C=O) groups is 1. The van der Waals surface area contributed by atoms with Crippen LogP contribution in [-0.2, 0) is 23.7 Å². The maximum Gasteiger partial charge on any atom is 0.288 e. The molecule has 0 bridgehead atoms. The molecule has 4 heterocycles. The smallest absolute Gasteiger partial charge is 0.288 e.